The van der Waals surface area contributed by atoms with Crippen LogP contribution in [-0.4, -0.2) is 38.6 Å². The second-order valence-electron chi connectivity index (χ2n) is 7.02. The van der Waals surface area contributed by atoms with E-state index < -0.39 is 56.5 Å². The molecule has 1 aromatic heterocycles. The molecule has 0 bridgehead atoms. The Morgan fingerprint density at radius 1 is 1.28 bits per heavy atom. The normalized spacial score (nSPS) is 12.1. The van der Waals surface area contributed by atoms with Gasteiger partial charge in [-0.3, -0.25) is 0 Å². The minimum atomic E-state index is -4.50. The van der Waals surface area contributed by atoms with Crippen molar-refractivity contribution in [2.45, 2.75) is 19.5 Å². The summed E-state index contributed by atoms with van der Waals surface area (Å²) in [5.41, 5.74) is 0.510. The molecule has 0 atom stereocenters. The molecule has 1 heterocycles. The average molecular weight is 631 g/mol. The Morgan fingerprint density at radius 3 is 2.42 bits per heavy atom. The number of hydrogen-bond acceptors (Lipinski definition) is 3. The number of hydrogen-bond donors (Lipinski definition) is 2. The van der Waals surface area contributed by atoms with E-state index in [1.807, 2.05) is 0 Å². The van der Waals surface area contributed by atoms with Gasteiger partial charge >= 0.3 is 196 Å². The number of amides is 1. The topological polar surface area (TPSA) is 84.2 Å². The first-order valence-corrected chi connectivity index (χ1v) is 14.2. The Hall–Kier alpha value is -3.10. The predicted molar refractivity (Wildman–Crippen MR) is 132 cm³/mol. The molecule has 0 unspecified atom stereocenters. The number of allylic oxidation sites excluding steroid dienone is 4. The first kappa shape index (κ1) is 30.9. The average Bonchev–Trinajstić information content (AvgIpc) is 3.03. The molecule has 13 heteroatoms. The maximum atomic E-state index is 13.9. The molecule has 0 saturated carbocycles. The van der Waals surface area contributed by atoms with Gasteiger partial charge in [-0.05, 0) is 0 Å². The van der Waals surface area contributed by atoms with E-state index >= 15 is 0 Å². The smallest absolute Gasteiger partial charge is 0.214 e. The number of aliphatic carboxylic acids is 1. The molecule has 2 aromatic rings. The number of aromatic nitrogens is 2. The molecule has 0 radical (unpaired) electrons. The van der Waals surface area contributed by atoms with Crippen LogP contribution in [0.1, 0.15) is 32.9 Å². The quantitative estimate of drug-likeness (QED) is 0.0935. The third kappa shape index (κ3) is 9.17. The van der Waals surface area contributed by atoms with Crippen LogP contribution in [0.4, 0.5) is 26.3 Å². The molecule has 1 aromatic carbocycles. The van der Waals surface area contributed by atoms with Gasteiger partial charge in [-0.1, -0.05) is 0 Å². The summed E-state index contributed by atoms with van der Waals surface area (Å²) in [7, 11) is 1.61. The summed E-state index contributed by atoms with van der Waals surface area (Å²) in [6.45, 7) is 3.14. The number of alkyl halides is 6. The summed E-state index contributed by atoms with van der Waals surface area (Å²) in [4.78, 5) is 25.3. The van der Waals surface area contributed by atoms with E-state index in [-0.39, 0.29) is 21.3 Å². The van der Waals surface area contributed by atoms with Crippen molar-refractivity contribution in [1.29, 1.82) is 0 Å². The van der Waals surface area contributed by atoms with Crippen molar-refractivity contribution in [1.82, 2.24) is 13.3 Å². The molecule has 0 spiro atoms. The van der Waals surface area contributed by atoms with E-state index in [9.17, 15) is 35.9 Å². The Labute approximate surface area is 211 Å². The second-order valence-corrected chi connectivity index (χ2v) is 11.4. The van der Waals surface area contributed by atoms with Crippen molar-refractivity contribution in [2.24, 2.45) is 7.05 Å². The molecule has 2 N–H and O–H groups in total. The molecular formula is C23H24F6IN3O3. The molecule has 198 valence electrons. The van der Waals surface area contributed by atoms with Crippen molar-refractivity contribution in [3.8, 4) is 0 Å². The van der Waals surface area contributed by atoms with Crippen molar-refractivity contribution in [2.75, 3.05) is 11.9 Å². The number of halogens is 7. The number of nitrogens with one attached hydrogen (secondary N) is 1. The summed E-state index contributed by atoms with van der Waals surface area (Å²) in [6, 6.07) is 4.78. The second kappa shape index (κ2) is 13.8. The van der Waals surface area contributed by atoms with Gasteiger partial charge in [-0.2, -0.15) is 0 Å². The minimum Gasteiger partial charge on any atom is -0.214 e. The van der Waals surface area contributed by atoms with E-state index in [1.165, 1.54) is 22.9 Å². The van der Waals surface area contributed by atoms with Gasteiger partial charge in [-0.25, -0.2) is 8.78 Å². The first-order chi connectivity index (χ1) is 16.7. The Balaban J connectivity index is 0.00000205. The van der Waals surface area contributed by atoms with Gasteiger partial charge in [0.25, 0.3) is 0 Å². The van der Waals surface area contributed by atoms with Crippen molar-refractivity contribution in [3.63, 3.8) is 0 Å². The monoisotopic (exact) mass is 631 g/mol. The Bertz CT molecular complexity index is 1160. The van der Waals surface area contributed by atoms with Gasteiger partial charge in [0.2, 0.25) is 6.93 Å². The standard InChI is InChI=1S/C22H22F4IN3O3.CH2F2/c1-13(23)17(9-6-10-19(31)32)27(3)28-21(33)20-14(2)30(4)29-18(20)12-15-7-5-8-16(11-15)22(24,25)26;2-1-3/h5-11H,1,12H2,2-4H3,(H,28,33)(H,31,32);1H2/b10-6+,17-9+;. The van der Waals surface area contributed by atoms with Gasteiger partial charge in [0.1, 0.15) is 0 Å². The van der Waals surface area contributed by atoms with E-state index in [0.29, 0.717) is 11.3 Å². The zero-order valence-electron chi connectivity index (χ0n) is 19.5. The van der Waals surface area contributed by atoms with E-state index in [0.717, 1.165) is 24.3 Å². The van der Waals surface area contributed by atoms with Gasteiger partial charge in [-0.15, -0.1) is 0 Å². The van der Waals surface area contributed by atoms with E-state index in [4.69, 9.17) is 5.11 Å². The van der Waals surface area contributed by atoms with Crippen molar-refractivity contribution in [3.05, 3.63) is 86.6 Å². The molecule has 0 aliphatic rings. The third-order valence-corrected chi connectivity index (χ3v) is 8.52. The zero-order chi connectivity index (χ0) is 27.6. The molecule has 1 amide bonds. The summed E-state index contributed by atoms with van der Waals surface area (Å²) < 4.78 is 76.6. The summed E-state index contributed by atoms with van der Waals surface area (Å²) in [6.07, 6.45) is -1.28. The molecule has 0 saturated heterocycles. The first-order valence-electron chi connectivity index (χ1n) is 9.90. The molecule has 0 fully saturated rings. The summed E-state index contributed by atoms with van der Waals surface area (Å²) >= 11 is -2.66. The SMILES string of the molecule is C=C(F)/C(=C\C=C\C(=O)O)I(C)NC(=O)c1c(Cc2cccc(C(F)(F)F)c2)nn(C)c1C.FCF. The van der Waals surface area contributed by atoms with Crippen LogP contribution < -0.4 is 3.53 Å². The summed E-state index contributed by atoms with van der Waals surface area (Å²) in [5, 5.41) is 13.0. The molecular weight excluding hydrogens is 607 g/mol. The van der Waals surface area contributed by atoms with Gasteiger partial charge < -0.3 is 0 Å². The number of nitrogens with zero attached hydrogens (tertiary/aromatic N) is 2. The number of carboxylic acids is 1. The van der Waals surface area contributed by atoms with E-state index in [1.54, 1.807) is 18.9 Å². The fourth-order valence-corrected chi connectivity index (χ4v) is 5.85. The Morgan fingerprint density at radius 2 is 1.89 bits per heavy atom. The zero-order valence-corrected chi connectivity index (χ0v) is 21.6. The van der Waals surface area contributed by atoms with Crippen LogP contribution in [0.2, 0.25) is 0 Å². The molecule has 0 aliphatic heterocycles. The van der Waals surface area contributed by atoms with Gasteiger partial charge in [0, 0.05) is 0 Å². The summed E-state index contributed by atoms with van der Waals surface area (Å²) in [5.74, 6) is -2.53. The number of rotatable bonds is 8. The van der Waals surface area contributed by atoms with Crippen molar-refractivity contribution >= 4 is 32.0 Å². The number of aryl methyl sites for hydroxylation is 1. The molecule has 0 aliphatic carbocycles. The molecule has 6 nitrogen and oxygen atoms in total. The van der Waals surface area contributed by atoms with Crippen LogP contribution in [0.15, 0.2) is 58.5 Å². The van der Waals surface area contributed by atoms with E-state index in [2.05, 4.69) is 15.2 Å². The van der Waals surface area contributed by atoms with Crippen LogP contribution in [0, 0.1) is 6.92 Å². The number of carbonyl (C=O) groups excluding carboxylic acids is 1. The van der Waals surface area contributed by atoms with Crippen LogP contribution in [0.25, 0.3) is 0 Å². The number of carboxylic acid groups (broad SMARTS) is 1. The number of carbonyl (C=O) groups is 2. The van der Waals surface area contributed by atoms with Crippen molar-refractivity contribution < 1.29 is 41.0 Å². The van der Waals surface area contributed by atoms with Crippen LogP contribution in [-0.2, 0) is 24.4 Å². The van der Waals surface area contributed by atoms with Crippen LogP contribution in [0.5, 0.6) is 0 Å². The fourth-order valence-electron chi connectivity index (χ4n) is 2.93. The fraction of sp³-hybridized carbons (Fsp3) is 0.261. The third-order valence-electron chi connectivity index (χ3n) is 4.53. The minimum absolute atomic E-state index is 0.00779. The Kier molecular flexibility index (Phi) is 11.9. The maximum absolute atomic E-state index is 13.9. The predicted octanol–water partition coefficient (Wildman–Crippen LogP) is 6.01. The number of benzene rings is 1. The maximum Gasteiger partial charge on any atom is 0.229 e. The van der Waals surface area contributed by atoms with Gasteiger partial charge in [0.15, 0.2) is 0 Å². The largest absolute Gasteiger partial charge is 0.229 e. The van der Waals surface area contributed by atoms with Gasteiger partial charge in [0.05, 0.1) is 0 Å². The van der Waals surface area contributed by atoms with Crippen LogP contribution in [0.3, 0.4) is 0 Å². The molecule has 36 heavy (non-hydrogen) atoms. The molecule has 2 rings (SSSR count). The van der Waals surface area contributed by atoms with Crippen LogP contribution >= 0.6 is 20.1 Å².